The molecule has 4 rings (SSSR count). The summed E-state index contributed by atoms with van der Waals surface area (Å²) in [6.07, 6.45) is 4.85. The lowest BCUT2D eigenvalue weighted by atomic mass is 10.0. The number of aryl methyl sites for hydroxylation is 1. The van der Waals surface area contributed by atoms with E-state index < -0.39 is 35.6 Å². The van der Waals surface area contributed by atoms with Gasteiger partial charge in [-0.3, -0.25) is 19.0 Å². The first-order valence-corrected chi connectivity index (χ1v) is 14.8. The molecule has 2 atom stereocenters. The summed E-state index contributed by atoms with van der Waals surface area (Å²) in [5.74, 6) is -2.89. The van der Waals surface area contributed by atoms with Crippen LogP contribution in [-0.2, 0) is 11.2 Å². The monoisotopic (exact) mass is 652 g/mol. The summed E-state index contributed by atoms with van der Waals surface area (Å²) in [6, 6.07) is 7.08. The molecule has 1 unspecified atom stereocenters. The highest BCUT2D eigenvalue weighted by molar-refractivity contribution is 5.96. The normalized spacial score (nSPS) is 12.3. The molecule has 2 aromatic heterocycles. The zero-order valence-electron chi connectivity index (χ0n) is 26.0. The van der Waals surface area contributed by atoms with E-state index in [-0.39, 0.29) is 30.4 Å². The molecule has 4 aromatic rings. The number of nitrogens with two attached hydrogens (primary N) is 3. The van der Waals surface area contributed by atoms with Gasteiger partial charge >= 0.3 is 0 Å². The first-order valence-electron chi connectivity index (χ1n) is 14.8. The van der Waals surface area contributed by atoms with Crippen molar-refractivity contribution in [1.82, 2.24) is 25.0 Å². The van der Waals surface area contributed by atoms with Crippen LogP contribution in [0, 0.1) is 11.6 Å². The molecule has 2 aromatic carbocycles. The Balaban J connectivity index is 1.37. The second kappa shape index (κ2) is 15.8. The lowest BCUT2D eigenvalue weighted by Gasteiger charge is -2.16. The van der Waals surface area contributed by atoms with Gasteiger partial charge in [-0.25, -0.2) is 14.4 Å². The Morgan fingerprint density at radius 2 is 1.87 bits per heavy atom. The van der Waals surface area contributed by atoms with Crippen molar-refractivity contribution in [3.8, 4) is 17.0 Å². The Morgan fingerprint density at radius 1 is 1.11 bits per heavy atom. The van der Waals surface area contributed by atoms with Gasteiger partial charge in [0, 0.05) is 48.8 Å². The molecule has 0 fully saturated rings. The van der Waals surface area contributed by atoms with Crippen LogP contribution < -0.4 is 37.9 Å². The minimum Gasteiger partial charge on any atom is -0.494 e. The number of anilines is 2. The van der Waals surface area contributed by atoms with Crippen LogP contribution >= 0.6 is 0 Å². The maximum Gasteiger partial charge on any atom is 0.251 e. The summed E-state index contributed by atoms with van der Waals surface area (Å²) in [6.45, 7) is 2.04. The van der Waals surface area contributed by atoms with Crippen molar-refractivity contribution in [1.29, 1.82) is 0 Å². The van der Waals surface area contributed by atoms with Gasteiger partial charge in [-0.1, -0.05) is 6.92 Å². The van der Waals surface area contributed by atoms with Gasteiger partial charge in [0.25, 0.3) is 5.91 Å². The number of aliphatic hydroxyl groups is 1. The summed E-state index contributed by atoms with van der Waals surface area (Å²) in [5.41, 5.74) is 18.8. The Bertz CT molecular complexity index is 1760. The average Bonchev–Trinajstić information content (AvgIpc) is 3.50. The molecule has 0 radical (unpaired) electrons. The zero-order valence-corrected chi connectivity index (χ0v) is 26.0. The van der Waals surface area contributed by atoms with Crippen LogP contribution in [0.3, 0.4) is 0 Å². The number of fused-ring (bicyclic) bond motifs is 1. The highest BCUT2D eigenvalue weighted by Gasteiger charge is 2.20. The van der Waals surface area contributed by atoms with Crippen molar-refractivity contribution in [3.63, 3.8) is 0 Å². The molecule has 0 aliphatic rings. The predicted octanol–water partition coefficient (Wildman–Crippen LogP) is 1.58. The number of halogens is 2. The second-order valence-electron chi connectivity index (χ2n) is 10.6. The molecule has 0 bridgehead atoms. The van der Waals surface area contributed by atoms with Gasteiger partial charge in [-0.05, 0) is 55.2 Å². The molecule has 2 amide bonds. The molecule has 250 valence electrons. The molecule has 47 heavy (non-hydrogen) atoms. The quantitative estimate of drug-likeness (QED) is 0.0558. The minimum absolute atomic E-state index is 0.00338. The highest BCUT2D eigenvalue weighted by atomic mass is 19.2. The predicted molar refractivity (Wildman–Crippen MR) is 173 cm³/mol. The molecular weight excluding hydrogens is 614 g/mol. The fraction of sp³-hybridized carbons (Fsp3) is 0.323. The zero-order chi connectivity index (χ0) is 34.1. The molecular formula is C31H38F2N10O4. The molecule has 16 heteroatoms. The lowest BCUT2D eigenvalue weighted by Crippen LogP contribution is -2.46. The first-order chi connectivity index (χ1) is 22.5. The van der Waals surface area contributed by atoms with Crippen LogP contribution in [0.15, 0.2) is 53.9 Å². The van der Waals surface area contributed by atoms with E-state index in [1.54, 1.807) is 28.8 Å². The Hall–Kier alpha value is -5.35. The number of carbonyl (C=O) groups is 2. The van der Waals surface area contributed by atoms with E-state index in [0.717, 1.165) is 0 Å². The van der Waals surface area contributed by atoms with Crippen LogP contribution in [0.2, 0.25) is 0 Å². The SMILES string of the molecule is CCc1cc(Nc2nccn3c(-c4ccc(OC)c(F)c4F)cnc23)ccc1C(=O)NCC(O)CNC(=O)[C@H](N)CCCN=C(N)N. The second-order valence-corrected chi connectivity index (χ2v) is 10.6. The van der Waals surface area contributed by atoms with Crippen LogP contribution in [0.5, 0.6) is 5.75 Å². The summed E-state index contributed by atoms with van der Waals surface area (Å²) in [4.78, 5) is 37.7. The first kappa shape index (κ1) is 34.5. The molecule has 0 aliphatic heterocycles. The average molecular weight is 653 g/mol. The molecule has 0 saturated carbocycles. The number of imidazole rings is 1. The number of hydrogen-bond acceptors (Lipinski definition) is 9. The van der Waals surface area contributed by atoms with Gasteiger partial charge in [0.15, 0.2) is 29.0 Å². The van der Waals surface area contributed by atoms with Gasteiger partial charge in [0.2, 0.25) is 11.7 Å². The highest BCUT2D eigenvalue weighted by Crippen LogP contribution is 2.31. The third-order valence-electron chi connectivity index (χ3n) is 7.28. The largest absolute Gasteiger partial charge is 0.494 e. The summed E-state index contributed by atoms with van der Waals surface area (Å²) >= 11 is 0. The van der Waals surface area contributed by atoms with Gasteiger partial charge in [-0.2, -0.15) is 4.39 Å². The van der Waals surface area contributed by atoms with Crippen LogP contribution in [0.25, 0.3) is 16.9 Å². The number of hydrogen-bond donors (Lipinski definition) is 7. The number of ether oxygens (including phenoxy) is 1. The van der Waals surface area contributed by atoms with Crippen molar-refractivity contribution in [2.75, 3.05) is 32.1 Å². The number of aliphatic imine (C=N–C) groups is 1. The van der Waals surface area contributed by atoms with Crippen molar-refractivity contribution >= 4 is 34.9 Å². The number of carbonyl (C=O) groups excluding carboxylic acids is 2. The maximum atomic E-state index is 14.8. The number of methoxy groups -OCH3 is 1. The van der Waals surface area contributed by atoms with Crippen LogP contribution in [0.4, 0.5) is 20.3 Å². The number of amides is 2. The van der Waals surface area contributed by atoms with E-state index in [9.17, 15) is 23.5 Å². The summed E-state index contributed by atoms with van der Waals surface area (Å²) in [5, 5.41) is 18.8. The van der Waals surface area contributed by atoms with E-state index in [0.29, 0.717) is 59.8 Å². The Labute approximate surface area is 269 Å². The van der Waals surface area contributed by atoms with E-state index in [1.807, 2.05) is 6.92 Å². The van der Waals surface area contributed by atoms with Gasteiger partial charge in [0.05, 0.1) is 31.1 Å². The molecule has 2 heterocycles. The number of nitrogens with one attached hydrogen (secondary N) is 3. The number of aromatic nitrogens is 3. The number of aliphatic hydroxyl groups excluding tert-OH is 1. The van der Waals surface area contributed by atoms with Crippen molar-refractivity contribution < 1.29 is 28.2 Å². The minimum atomic E-state index is -1.10. The maximum absolute atomic E-state index is 14.8. The smallest absolute Gasteiger partial charge is 0.251 e. The van der Waals surface area contributed by atoms with Crippen LogP contribution in [0.1, 0.15) is 35.7 Å². The molecule has 0 aliphatic carbocycles. The van der Waals surface area contributed by atoms with Crippen molar-refractivity contribution in [2.24, 2.45) is 22.2 Å². The Kier molecular flexibility index (Phi) is 11.6. The van der Waals surface area contributed by atoms with Gasteiger partial charge < -0.3 is 43.0 Å². The third kappa shape index (κ3) is 8.47. The number of guanidine groups is 1. The molecule has 14 nitrogen and oxygen atoms in total. The van der Waals surface area contributed by atoms with Gasteiger partial charge in [-0.15, -0.1) is 0 Å². The fourth-order valence-electron chi connectivity index (χ4n) is 4.79. The summed E-state index contributed by atoms with van der Waals surface area (Å²) in [7, 11) is 1.26. The molecule has 0 spiro atoms. The van der Waals surface area contributed by atoms with Crippen molar-refractivity contribution in [3.05, 3.63) is 71.7 Å². The van der Waals surface area contributed by atoms with E-state index in [1.165, 1.54) is 31.6 Å². The van der Waals surface area contributed by atoms with Crippen molar-refractivity contribution in [2.45, 2.75) is 38.3 Å². The molecule has 10 N–H and O–H groups in total. The fourth-order valence-corrected chi connectivity index (χ4v) is 4.79. The number of rotatable bonds is 15. The van der Waals surface area contributed by atoms with E-state index >= 15 is 0 Å². The standard InChI is InChI=1S/C31H38F2N10O4/c1-3-17-13-18(6-7-20(17)29(45)40-14-19(44)15-41-30(46)22(34)5-4-10-38-31(35)36)42-27-28-39-16-23(43(28)12-11-37-27)21-8-9-24(47-2)26(33)25(21)32/h6-9,11-13,16,19,22,44H,3-5,10,14-15,34H2,1-2H3,(H,37,42)(H,40,45)(H,41,46)(H4,35,36,38)/t19?,22-/m1/s1. The summed E-state index contributed by atoms with van der Waals surface area (Å²) < 4.78 is 35.7. The van der Waals surface area contributed by atoms with E-state index in [4.69, 9.17) is 21.9 Å². The molecule has 0 saturated heterocycles. The van der Waals surface area contributed by atoms with E-state index in [2.05, 4.69) is 30.9 Å². The number of benzene rings is 2. The van der Waals surface area contributed by atoms with Gasteiger partial charge in [0.1, 0.15) is 0 Å². The van der Waals surface area contributed by atoms with Crippen LogP contribution in [-0.4, -0.2) is 76.1 Å². The lowest BCUT2D eigenvalue weighted by molar-refractivity contribution is -0.122. The number of nitrogens with zero attached hydrogens (tertiary/aromatic N) is 4. The topological polar surface area (TPSA) is 220 Å². The Morgan fingerprint density at radius 3 is 2.60 bits per heavy atom. The third-order valence-corrected chi connectivity index (χ3v) is 7.28.